The van der Waals surface area contributed by atoms with E-state index in [-0.39, 0.29) is 24.0 Å². The van der Waals surface area contributed by atoms with Gasteiger partial charge in [-0.25, -0.2) is 9.97 Å². The molecule has 0 spiro atoms. The van der Waals surface area contributed by atoms with Crippen LogP contribution in [0.15, 0.2) is 143 Å². The maximum Gasteiger partial charge on any atom is 0.231 e. The summed E-state index contributed by atoms with van der Waals surface area (Å²) < 4.78 is 6.54. The molecule has 2 aromatic carbocycles. The minimum atomic E-state index is 0.0784. The van der Waals surface area contributed by atoms with Gasteiger partial charge in [-0.3, -0.25) is 0 Å². The van der Waals surface area contributed by atoms with Crippen LogP contribution < -0.4 is 15.5 Å². The topological polar surface area (TPSA) is 38.2 Å². The molecule has 2 aliphatic heterocycles. The van der Waals surface area contributed by atoms with Gasteiger partial charge in [-0.1, -0.05) is 109 Å². The van der Waals surface area contributed by atoms with E-state index in [4.69, 9.17) is 14.7 Å². The molecule has 8 aliphatic rings. The van der Waals surface area contributed by atoms with Crippen LogP contribution in [0.5, 0.6) is 0 Å². The molecule has 1 aromatic heterocycles. The summed E-state index contributed by atoms with van der Waals surface area (Å²) in [4.78, 5) is 13.2. The minimum absolute atomic E-state index is 0.0784. The SMILES string of the molecule is C1=CC(C2=CCCC(c3nc(N4c5ccccc5C5C=C(C6=CC7C8=C(CCc9ccccc98)OC7C=C6)C=CC54)nc4c3=CCCC=4)=C2)=CCC1. The number of para-hydroxylation sites is 1. The van der Waals surface area contributed by atoms with Crippen LogP contribution in [0, 0.1) is 5.92 Å². The van der Waals surface area contributed by atoms with E-state index in [1.54, 1.807) is 0 Å². The fourth-order valence-corrected chi connectivity index (χ4v) is 9.72. The molecule has 4 heteroatoms. The number of anilines is 2. The number of fused-ring (bicyclic) bond motifs is 8. The maximum absolute atomic E-state index is 6.54. The Morgan fingerprint density at radius 2 is 1.50 bits per heavy atom. The van der Waals surface area contributed by atoms with Crippen molar-refractivity contribution in [3.63, 3.8) is 0 Å². The van der Waals surface area contributed by atoms with Crippen molar-refractivity contribution < 1.29 is 4.74 Å². The van der Waals surface area contributed by atoms with Gasteiger partial charge in [0.05, 0.1) is 17.1 Å². The largest absolute Gasteiger partial charge is 0.489 e. The van der Waals surface area contributed by atoms with Gasteiger partial charge in [0, 0.05) is 34.7 Å². The summed E-state index contributed by atoms with van der Waals surface area (Å²) in [7, 11) is 0. The first kappa shape index (κ1) is 30.2. The lowest BCUT2D eigenvalue weighted by molar-refractivity contribution is 0.157. The Bertz CT molecular complexity index is 2480. The van der Waals surface area contributed by atoms with E-state index in [1.807, 2.05) is 0 Å². The van der Waals surface area contributed by atoms with Crippen LogP contribution in [-0.4, -0.2) is 22.1 Å². The Kier molecular flexibility index (Phi) is 6.99. The number of ether oxygens (including phenoxy) is 1. The first-order valence-electron chi connectivity index (χ1n) is 19.3. The van der Waals surface area contributed by atoms with Gasteiger partial charge in [0.15, 0.2) is 0 Å². The zero-order chi connectivity index (χ0) is 34.2. The monoisotopic (exact) mass is 675 g/mol. The van der Waals surface area contributed by atoms with Crippen LogP contribution in [0.1, 0.15) is 73.2 Å². The molecule has 0 fully saturated rings. The van der Waals surface area contributed by atoms with Crippen LogP contribution in [0.3, 0.4) is 0 Å². The average Bonchev–Trinajstić information content (AvgIpc) is 3.76. The number of hydrogen-bond acceptors (Lipinski definition) is 4. The molecular formula is C48H41N3O. The summed E-state index contributed by atoms with van der Waals surface area (Å²) >= 11 is 0. The molecular weight excluding hydrogens is 635 g/mol. The number of aromatic nitrogens is 2. The third kappa shape index (κ3) is 4.80. The van der Waals surface area contributed by atoms with Crippen molar-refractivity contribution in [1.29, 1.82) is 0 Å². The van der Waals surface area contributed by atoms with Gasteiger partial charge in [-0.2, -0.15) is 0 Å². The minimum Gasteiger partial charge on any atom is -0.489 e. The highest BCUT2D eigenvalue weighted by molar-refractivity contribution is 5.79. The second-order valence-corrected chi connectivity index (χ2v) is 15.2. The molecule has 0 saturated carbocycles. The Morgan fingerprint density at radius 1 is 0.673 bits per heavy atom. The van der Waals surface area contributed by atoms with Crippen LogP contribution in [0.4, 0.5) is 11.6 Å². The van der Waals surface area contributed by atoms with E-state index in [1.165, 1.54) is 66.8 Å². The van der Waals surface area contributed by atoms with Crippen LogP contribution in [0.25, 0.3) is 23.3 Å². The standard InChI is InChI=1S/C48H41N3O/c1-2-11-30(12-3-1)32-14-10-15-35(27-32)47-38-18-6-8-19-41(38)49-48(50-47)51-42-20-9-7-17-37(42)39-28-33(21-24-43(39)51)34-23-25-44-40(29-34)46-36-16-5-4-13-31(36)22-26-45(46)52-44/h2,4-5,7,9,11-14,16-21,23-25,27-29,39-40,43-44H,1,3,6,8,10,15,22,26H2. The molecule has 4 atom stereocenters. The number of rotatable bonds is 4. The fourth-order valence-electron chi connectivity index (χ4n) is 9.72. The molecule has 3 aromatic rings. The number of hydrogen-bond donors (Lipinski definition) is 0. The van der Waals surface area contributed by atoms with Gasteiger partial charge < -0.3 is 9.64 Å². The Balaban J connectivity index is 0.969. The van der Waals surface area contributed by atoms with E-state index in [2.05, 4.69) is 132 Å². The van der Waals surface area contributed by atoms with Crippen molar-refractivity contribution in [2.75, 3.05) is 4.90 Å². The Hall–Kier alpha value is -5.48. The molecule has 0 amide bonds. The first-order chi connectivity index (χ1) is 25.8. The van der Waals surface area contributed by atoms with E-state index in [0.717, 1.165) is 68.4 Å². The molecule has 4 unspecified atom stereocenters. The second-order valence-electron chi connectivity index (χ2n) is 15.2. The van der Waals surface area contributed by atoms with E-state index in [9.17, 15) is 0 Å². The highest BCUT2D eigenvalue weighted by Gasteiger charge is 2.42. The normalized spacial score (nSPS) is 26.2. The number of allylic oxidation sites excluding steroid dienone is 13. The number of nitrogens with zero attached hydrogens (tertiary/aromatic N) is 3. The van der Waals surface area contributed by atoms with Crippen molar-refractivity contribution in [2.45, 2.75) is 69.4 Å². The molecule has 11 rings (SSSR count). The summed E-state index contributed by atoms with van der Waals surface area (Å²) in [6.45, 7) is 0. The van der Waals surface area contributed by atoms with Gasteiger partial charge in [-0.15, -0.1) is 0 Å². The molecule has 254 valence electrons. The summed E-state index contributed by atoms with van der Waals surface area (Å²) in [6.07, 6.45) is 39.1. The average molecular weight is 676 g/mol. The third-order valence-electron chi connectivity index (χ3n) is 12.2. The zero-order valence-corrected chi connectivity index (χ0v) is 29.3. The predicted octanol–water partition coefficient (Wildman–Crippen LogP) is 9.18. The van der Waals surface area contributed by atoms with Gasteiger partial charge in [0.1, 0.15) is 11.9 Å². The maximum atomic E-state index is 6.54. The van der Waals surface area contributed by atoms with Gasteiger partial charge in [0.2, 0.25) is 5.95 Å². The third-order valence-corrected chi connectivity index (χ3v) is 12.2. The Labute approximate surface area is 305 Å². The van der Waals surface area contributed by atoms with Crippen molar-refractivity contribution in [2.24, 2.45) is 5.92 Å². The molecule has 0 N–H and O–H groups in total. The van der Waals surface area contributed by atoms with Crippen molar-refractivity contribution in [1.82, 2.24) is 9.97 Å². The second kappa shape index (κ2) is 12.1. The van der Waals surface area contributed by atoms with Gasteiger partial charge >= 0.3 is 0 Å². The highest BCUT2D eigenvalue weighted by Crippen LogP contribution is 2.50. The number of aryl methyl sites for hydroxylation is 1. The van der Waals surface area contributed by atoms with E-state index >= 15 is 0 Å². The molecule has 52 heavy (non-hydrogen) atoms. The molecule has 3 heterocycles. The first-order valence-corrected chi connectivity index (χ1v) is 19.3. The lowest BCUT2D eigenvalue weighted by Gasteiger charge is -2.29. The lowest BCUT2D eigenvalue weighted by atomic mass is 9.78. The van der Waals surface area contributed by atoms with Gasteiger partial charge in [-0.05, 0) is 108 Å². The van der Waals surface area contributed by atoms with Crippen LogP contribution in [0.2, 0.25) is 0 Å². The summed E-state index contributed by atoms with van der Waals surface area (Å²) in [5.74, 6) is 2.41. The smallest absolute Gasteiger partial charge is 0.231 e. The lowest BCUT2D eigenvalue weighted by Crippen LogP contribution is -2.39. The van der Waals surface area contributed by atoms with Crippen molar-refractivity contribution in [3.05, 3.63) is 176 Å². The predicted molar refractivity (Wildman–Crippen MR) is 211 cm³/mol. The van der Waals surface area contributed by atoms with Crippen LogP contribution >= 0.6 is 0 Å². The molecule has 6 aliphatic carbocycles. The van der Waals surface area contributed by atoms with Crippen LogP contribution in [-0.2, 0) is 11.2 Å². The van der Waals surface area contributed by atoms with E-state index in [0.29, 0.717) is 0 Å². The van der Waals surface area contributed by atoms with Gasteiger partial charge in [0.25, 0.3) is 0 Å². The van der Waals surface area contributed by atoms with E-state index < -0.39 is 0 Å². The van der Waals surface area contributed by atoms with Crippen molar-refractivity contribution in [3.8, 4) is 0 Å². The molecule has 0 radical (unpaired) electrons. The molecule has 0 saturated heterocycles. The number of benzene rings is 2. The summed E-state index contributed by atoms with van der Waals surface area (Å²) in [5.41, 5.74) is 14.4. The molecule has 4 nitrogen and oxygen atoms in total. The fraction of sp³-hybridized carbons (Fsp3) is 0.250. The zero-order valence-electron chi connectivity index (χ0n) is 29.3. The van der Waals surface area contributed by atoms with Crippen molar-refractivity contribution >= 4 is 34.9 Å². The quantitative estimate of drug-likeness (QED) is 0.277. The summed E-state index contributed by atoms with van der Waals surface area (Å²) in [5, 5.41) is 2.27. The summed E-state index contributed by atoms with van der Waals surface area (Å²) in [6, 6.07) is 17.9. The molecule has 0 bridgehead atoms. The Morgan fingerprint density at radius 3 is 2.44 bits per heavy atom. The highest BCUT2D eigenvalue weighted by atomic mass is 16.5.